The smallest absolute Gasteiger partial charge is 0.407 e. The lowest BCUT2D eigenvalue weighted by molar-refractivity contribution is -0.150. The Morgan fingerprint density at radius 1 is 1.09 bits per heavy atom. The van der Waals surface area contributed by atoms with Gasteiger partial charge in [-0.2, -0.15) is 0 Å². The van der Waals surface area contributed by atoms with Crippen LogP contribution in [-0.4, -0.2) is 58.3 Å². The Morgan fingerprint density at radius 2 is 1.71 bits per heavy atom. The third-order valence-electron chi connectivity index (χ3n) is 7.24. The Morgan fingerprint density at radius 3 is 2.31 bits per heavy atom. The maximum Gasteiger partial charge on any atom is 0.407 e. The van der Waals surface area contributed by atoms with E-state index in [4.69, 9.17) is 4.74 Å². The molecule has 0 bridgehead atoms. The fraction of sp³-hybridized carbons (Fsp3) is 0.444. The Kier molecular flexibility index (Phi) is 6.49. The molecule has 7 nitrogen and oxygen atoms in total. The minimum absolute atomic E-state index is 0.00279. The van der Waals surface area contributed by atoms with Gasteiger partial charge in [-0.05, 0) is 40.5 Å². The van der Waals surface area contributed by atoms with Gasteiger partial charge in [-0.15, -0.1) is 11.8 Å². The summed E-state index contributed by atoms with van der Waals surface area (Å²) in [5, 5.41) is 12.2. The first kappa shape index (κ1) is 23.7. The van der Waals surface area contributed by atoms with Crippen LogP contribution in [0.15, 0.2) is 48.5 Å². The average Bonchev–Trinajstić information content (AvgIpc) is 3.36. The van der Waals surface area contributed by atoms with Crippen molar-refractivity contribution >= 4 is 29.7 Å². The zero-order valence-corrected chi connectivity index (χ0v) is 20.7. The number of thioether (sulfide) groups is 1. The zero-order chi connectivity index (χ0) is 24.7. The first-order valence-corrected chi connectivity index (χ1v) is 13.2. The molecule has 1 heterocycles. The highest BCUT2D eigenvalue weighted by Crippen LogP contribution is 2.45. The predicted molar refractivity (Wildman–Crippen MR) is 134 cm³/mol. The van der Waals surface area contributed by atoms with Gasteiger partial charge in [0.15, 0.2) is 0 Å². The summed E-state index contributed by atoms with van der Waals surface area (Å²) >= 11 is 1.53. The van der Waals surface area contributed by atoms with Gasteiger partial charge in [-0.3, -0.25) is 4.79 Å². The number of carbonyl (C=O) groups excluding carboxylic acids is 2. The van der Waals surface area contributed by atoms with Crippen LogP contribution in [0.3, 0.4) is 0 Å². The highest BCUT2D eigenvalue weighted by molar-refractivity contribution is 8.00. The van der Waals surface area contributed by atoms with E-state index in [1.54, 1.807) is 4.90 Å². The Hall–Kier alpha value is -3.00. The summed E-state index contributed by atoms with van der Waals surface area (Å²) < 4.78 is 5.58. The maximum atomic E-state index is 13.1. The molecule has 1 saturated heterocycles. The van der Waals surface area contributed by atoms with Crippen molar-refractivity contribution in [2.24, 2.45) is 17.8 Å². The van der Waals surface area contributed by atoms with Crippen LogP contribution in [0.4, 0.5) is 4.79 Å². The number of amides is 2. The number of nitrogens with zero attached hydrogens (tertiary/aromatic N) is 1. The molecule has 35 heavy (non-hydrogen) atoms. The molecule has 2 unspecified atom stereocenters. The highest BCUT2D eigenvalue weighted by Gasteiger charge is 2.51. The van der Waals surface area contributed by atoms with Crippen LogP contribution in [0.2, 0.25) is 0 Å². The maximum absolute atomic E-state index is 13.1. The Bertz CT molecular complexity index is 1110. The van der Waals surface area contributed by atoms with Crippen LogP contribution in [0.5, 0.6) is 0 Å². The number of rotatable bonds is 7. The lowest BCUT2D eigenvalue weighted by Gasteiger charge is -2.30. The van der Waals surface area contributed by atoms with E-state index in [1.165, 1.54) is 22.9 Å². The standard InChI is InChI=1S/C27H30N2O5S/c1-15(2)25-29(23(14-35-25)26(31)32)24(30)21-11-16(21)12-28-27(33)34-13-22-19-9-5-3-7-17(19)18-8-4-6-10-20(18)22/h3-10,15-16,21-23,25H,11-14H2,1-2H3,(H,28,33)(H,31,32)/t16-,21-,23?,25?/m1/s1. The van der Waals surface area contributed by atoms with Gasteiger partial charge in [-0.1, -0.05) is 62.4 Å². The van der Waals surface area contributed by atoms with Crippen molar-refractivity contribution in [2.75, 3.05) is 18.9 Å². The molecule has 8 heteroatoms. The second kappa shape index (κ2) is 9.57. The number of hydrogen-bond donors (Lipinski definition) is 2. The van der Waals surface area contributed by atoms with Gasteiger partial charge in [0.1, 0.15) is 12.6 Å². The summed E-state index contributed by atoms with van der Waals surface area (Å²) in [6, 6.07) is 15.6. The van der Waals surface area contributed by atoms with Crippen molar-refractivity contribution in [2.45, 2.75) is 37.6 Å². The monoisotopic (exact) mass is 494 g/mol. The second-order valence-corrected chi connectivity index (χ2v) is 11.0. The molecular formula is C27H30N2O5S. The predicted octanol–water partition coefficient (Wildman–Crippen LogP) is 4.17. The minimum atomic E-state index is -0.956. The molecule has 0 aromatic heterocycles. The van der Waals surface area contributed by atoms with Gasteiger partial charge in [-0.25, -0.2) is 9.59 Å². The van der Waals surface area contributed by atoms with E-state index >= 15 is 0 Å². The van der Waals surface area contributed by atoms with Crippen molar-refractivity contribution in [3.05, 3.63) is 59.7 Å². The Balaban J connectivity index is 1.14. The van der Waals surface area contributed by atoms with Crippen LogP contribution in [-0.2, 0) is 14.3 Å². The molecule has 2 amide bonds. The van der Waals surface area contributed by atoms with Gasteiger partial charge in [0.05, 0.1) is 5.37 Å². The van der Waals surface area contributed by atoms with Gasteiger partial charge < -0.3 is 20.1 Å². The first-order chi connectivity index (χ1) is 16.9. The minimum Gasteiger partial charge on any atom is -0.480 e. The summed E-state index contributed by atoms with van der Waals surface area (Å²) in [6.45, 7) is 4.60. The van der Waals surface area contributed by atoms with Crippen LogP contribution < -0.4 is 5.32 Å². The van der Waals surface area contributed by atoms with Crippen LogP contribution >= 0.6 is 11.8 Å². The number of benzene rings is 2. The third-order valence-corrected chi connectivity index (χ3v) is 8.86. The van der Waals surface area contributed by atoms with Gasteiger partial charge >= 0.3 is 12.1 Å². The molecule has 5 rings (SSSR count). The number of hydrogen-bond acceptors (Lipinski definition) is 5. The van der Waals surface area contributed by atoms with E-state index < -0.39 is 18.1 Å². The summed E-state index contributed by atoms with van der Waals surface area (Å²) in [4.78, 5) is 38.8. The molecule has 2 fully saturated rings. The fourth-order valence-corrected chi connectivity index (χ4v) is 6.82. The summed E-state index contributed by atoms with van der Waals surface area (Å²) in [5.74, 6) is -0.717. The van der Waals surface area contributed by atoms with Crippen molar-refractivity contribution < 1.29 is 24.2 Å². The fourth-order valence-electron chi connectivity index (χ4n) is 5.34. The van der Waals surface area contributed by atoms with E-state index in [1.807, 2.05) is 38.1 Å². The summed E-state index contributed by atoms with van der Waals surface area (Å²) in [7, 11) is 0. The van der Waals surface area contributed by atoms with E-state index in [0.717, 1.165) is 11.1 Å². The van der Waals surface area contributed by atoms with E-state index in [-0.39, 0.29) is 41.6 Å². The number of carbonyl (C=O) groups is 3. The van der Waals surface area contributed by atoms with Crippen molar-refractivity contribution in [1.82, 2.24) is 10.2 Å². The number of alkyl carbamates (subject to hydrolysis) is 1. The third kappa shape index (κ3) is 4.51. The van der Waals surface area contributed by atoms with E-state index in [9.17, 15) is 19.5 Å². The van der Waals surface area contributed by atoms with Gasteiger partial charge in [0.2, 0.25) is 5.91 Å². The summed E-state index contributed by atoms with van der Waals surface area (Å²) in [6.07, 6.45) is 0.158. The molecule has 2 N–H and O–H groups in total. The van der Waals surface area contributed by atoms with Crippen molar-refractivity contribution in [3.8, 4) is 11.1 Å². The normalized spacial score (nSPS) is 24.7. The highest BCUT2D eigenvalue weighted by atomic mass is 32.2. The number of ether oxygens (including phenoxy) is 1. The Labute approximate surface area is 209 Å². The van der Waals surface area contributed by atoms with Crippen molar-refractivity contribution in [3.63, 3.8) is 0 Å². The molecule has 2 aliphatic carbocycles. The molecular weight excluding hydrogens is 464 g/mol. The quantitative estimate of drug-likeness (QED) is 0.600. The van der Waals surface area contributed by atoms with Crippen LogP contribution in [0, 0.1) is 17.8 Å². The van der Waals surface area contributed by atoms with E-state index in [0.29, 0.717) is 18.7 Å². The van der Waals surface area contributed by atoms with Crippen molar-refractivity contribution in [1.29, 1.82) is 0 Å². The largest absolute Gasteiger partial charge is 0.480 e. The van der Waals surface area contributed by atoms with E-state index in [2.05, 4.69) is 29.6 Å². The SMILES string of the molecule is CC(C)C1SCC(C(=O)O)N1C(=O)[C@@H]1C[C@@H]1CNC(=O)OCC1c2ccccc2-c2ccccc21. The molecule has 2 aromatic rings. The first-order valence-electron chi connectivity index (χ1n) is 12.1. The number of fused-ring (bicyclic) bond motifs is 3. The number of carboxylic acids is 1. The molecule has 1 saturated carbocycles. The topological polar surface area (TPSA) is 95.9 Å². The molecule has 3 aliphatic rings. The summed E-state index contributed by atoms with van der Waals surface area (Å²) in [5.41, 5.74) is 4.67. The zero-order valence-electron chi connectivity index (χ0n) is 19.8. The molecule has 2 aromatic carbocycles. The second-order valence-electron chi connectivity index (χ2n) is 9.88. The number of aliphatic carboxylic acids is 1. The molecule has 4 atom stereocenters. The molecule has 0 spiro atoms. The van der Waals surface area contributed by atoms with Crippen LogP contribution in [0.25, 0.3) is 11.1 Å². The van der Waals surface area contributed by atoms with Gasteiger partial charge in [0, 0.05) is 24.1 Å². The lowest BCUT2D eigenvalue weighted by atomic mass is 9.98. The molecule has 0 radical (unpaired) electrons. The van der Waals surface area contributed by atoms with Gasteiger partial charge in [0.25, 0.3) is 0 Å². The lowest BCUT2D eigenvalue weighted by Crippen LogP contribution is -2.48. The molecule has 1 aliphatic heterocycles. The number of carboxylic acid groups (broad SMARTS) is 1. The molecule has 184 valence electrons. The van der Waals surface area contributed by atoms with Crippen LogP contribution in [0.1, 0.15) is 37.3 Å². The average molecular weight is 495 g/mol. The number of nitrogens with one attached hydrogen (secondary N) is 1.